The molecular formula is C15H18N4O2. The largest absolute Gasteiger partial charge is 0.423 e. The van der Waals surface area contributed by atoms with Crippen LogP contribution < -0.4 is 10.6 Å². The van der Waals surface area contributed by atoms with E-state index in [9.17, 15) is 4.79 Å². The van der Waals surface area contributed by atoms with Gasteiger partial charge in [0.15, 0.2) is 0 Å². The number of amides is 1. The number of nitrogens with zero attached hydrogens (tertiary/aromatic N) is 2. The van der Waals surface area contributed by atoms with Crippen LogP contribution in [-0.4, -0.2) is 29.2 Å². The van der Waals surface area contributed by atoms with Crippen LogP contribution >= 0.6 is 0 Å². The molecule has 0 radical (unpaired) electrons. The Labute approximate surface area is 123 Å². The lowest BCUT2D eigenvalue weighted by Gasteiger charge is -2.25. The second-order valence-corrected chi connectivity index (χ2v) is 5.34. The lowest BCUT2D eigenvalue weighted by Crippen LogP contribution is -2.37. The zero-order valence-corrected chi connectivity index (χ0v) is 11.9. The minimum Gasteiger partial charge on any atom is -0.423 e. The predicted molar refractivity (Wildman–Crippen MR) is 78.6 cm³/mol. The van der Waals surface area contributed by atoms with Crippen LogP contribution in [0.1, 0.15) is 19.8 Å². The number of carbonyl (C=O) groups excluding carboxylic acids is 1. The maximum Gasteiger partial charge on any atom is 0.247 e. The first-order chi connectivity index (χ1) is 10.2. The molecule has 1 aromatic carbocycles. The van der Waals surface area contributed by atoms with Gasteiger partial charge in [0.05, 0.1) is 5.41 Å². The fourth-order valence-electron chi connectivity index (χ4n) is 2.66. The lowest BCUT2D eigenvalue weighted by molar-refractivity contribution is -0.124. The number of benzene rings is 1. The summed E-state index contributed by atoms with van der Waals surface area (Å²) in [6, 6.07) is 7.41. The fraction of sp³-hybridized carbons (Fsp3) is 0.400. The van der Waals surface area contributed by atoms with Crippen molar-refractivity contribution in [2.75, 3.05) is 18.4 Å². The Kier molecular flexibility index (Phi) is 3.70. The highest BCUT2D eigenvalue weighted by atomic mass is 16.4. The van der Waals surface area contributed by atoms with Gasteiger partial charge in [0.25, 0.3) is 0 Å². The van der Waals surface area contributed by atoms with Gasteiger partial charge in [-0.1, -0.05) is 6.92 Å². The molecule has 2 N–H and O–H groups in total. The molecule has 0 bridgehead atoms. The molecule has 2 aromatic rings. The van der Waals surface area contributed by atoms with Gasteiger partial charge in [-0.15, -0.1) is 10.2 Å². The zero-order chi connectivity index (χ0) is 14.7. The highest BCUT2D eigenvalue weighted by Gasteiger charge is 2.39. The molecule has 21 heavy (non-hydrogen) atoms. The molecule has 1 aliphatic heterocycles. The summed E-state index contributed by atoms with van der Waals surface area (Å²) >= 11 is 0. The monoisotopic (exact) mass is 286 g/mol. The Bertz CT molecular complexity index is 601. The fourth-order valence-corrected chi connectivity index (χ4v) is 2.66. The van der Waals surface area contributed by atoms with Crippen LogP contribution in [-0.2, 0) is 4.79 Å². The third-order valence-electron chi connectivity index (χ3n) is 4.15. The van der Waals surface area contributed by atoms with Crippen molar-refractivity contribution in [1.82, 2.24) is 15.5 Å². The van der Waals surface area contributed by atoms with E-state index in [-0.39, 0.29) is 11.3 Å². The summed E-state index contributed by atoms with van der Waals surface area (Å²) in [5, 5.41) is 13.8. The predicted octanol–water partition coefficient (Wildman–Crippen LogP) is 2.06. The molecule has 1 atom stereocenters. The van der Waals surface area contributed by atoms with Crippen molar-refractivity contribution in [3.05, 3.63) is 30.7 Å². The molecular weight excluding hydrogens is 268 g/mol. The van der Waals surface area contributed by atoms with Gasteiger partial charge in [0.2, 0.25) is 18.2 Å². The lowest BCUT2D eigenvalue weighted by atomic mass is 9.83. The molecule has 1 aliphatic rings. The molecule has 1 aromatic heterocycles. The van der Waals surface area contributed by atoms with Crippen molar-refractivity contribution in [1.29, 1.82) is 0 Å². The molecule has 0 saturated carbocycles. The van der Waals surface area contributed by atoms with Gasteiger partial charge in [0, 0.05) is 17.8 Å². The highest BCUT2D eigenvalue weighted by Crippen LogP contribution is 2.31. The summed E-state index contributed by atoms with van der Waals surface area (Å²) in [4.78, 5) is 12.5. The van der Waals surface area contributed by atoms with Gasteiger partial charge in [-0.3, -0.25) is 4.79 Å². The first kappa shape index (κ1) is 13.8. The van der Waals surface area contributed by atoms with Crippen molar-refractivity contribution in [2.45, 2.75) is 19.8 Å². The summed E-state index contributed by atoms with van der Waals surface area (Å²) in [7, 11) is 0. The van der Waals surface area contributed by atoms with Crippen molar-refractivity contribution in [3.8, 4) is 11.5 Å². The van der Waals surface area contributed by atoms with Crippen LogP contribution in [0.25, 0.3) is 11.5 Å². The van der Waals surface area contributed by atoms with Gasteiger partial charge in [-0.05, 0) is 43.7 Å². The van der Waals surface area contributed by atoms with E-state index in [1.807, 2.05) is 24.3 Å². The average molecular weight is 286 g/mol. The van der Waals surface area contributed by atoms with Gasteiger partial charge >= 0.3 is 0 Å². The topological polar surface area (TPSA) is 80.1 Å². The molecule has 1 unspecified atom stereocenters. The standard InChI is InChI=1S/C15H18N4O2/c1-2-15(7-8-16-9-15)14(20)18-12-5-3-11(4-6-12)13-19-17-10-21-13/h3-6,10,16H,2,7-9H2,1H3,(H,18,20). The van der Waals surface area contributed by atoms with Gasteiger partial charge in [-0.25, -0.2) is 0 Å². The van der Waals surface area contributed by atoms with Crippen molar-refractivity contribution in [3.63, 3.8) is 0 Å². The smallest absolute Gasteiger partial charge is 0.247 e. The maximum atomic E-state index is 12.5. The van der Waals surface area contributed by atoms with Crippen LogP contribution in [0.15, 0.2) is 35.1 Å². The molecule has 3 rings (SSSR count). The Morgan fingerprint density at radius 3 is 2.81 bits per heavy atom. The molecule has 0 aliphatic carbocycles. The van der Waals surface area contributed by atoms with Gasteiger partial charge < -0.3 is 15.1 Å². The van der Waals surface area contributed by atoms with E-state index < -0.39 is 0 Å². The van der Waals surface area contributed by atoms with Gasteiger partial charge in [-0.2, -0.15) is 0 Å². The molecule has 6 heteroatoms. The number of hydrogen-bond acceptors (Lipinski definition) is 5. The summed E-state index contributed by atoms with van der Waals surface area (Å²) in [5.41, 5.74) is 1.33. The highest BCUT2D eigenvalue weighted by molar-refractivity contribution is 5.95. The number of nitrogens with one attached hydrogen (secondary N) is 2. The van der Waals surface area contributed by atoms with Crippen molar-refractivity contribution >= 4 is 11.6 Å². The zero-order valence-electron chi connectivity index (χ0n) is 11.9. The Morgan fingerprint density at radius 1 is 1.43 bits per heavy atom. The normalized spacial score (nSPS) is 21.4. The quantitative estimate of drug-likeness (QED) is 0.899. The van der Waals surface area contributed by atoms with Crippen LogP contribution in [0.4, 0.5) is 5.69 Å². The Morgan fingerprint density at radius 2 is 2.24 bits per heavy atom. The first-order valence-electron chi connectivity index (χ1n) is 7.12. The summed E-state index contributed by atoms with van der Waals surface area (Å²) in [5.74, 6) is 0.554. The van der Waals surface area contributed by atoms with Crippen LogP contribution in [0.5, 0.6) is 0 Å². The van der Waals surface area contributed by atoms with E-state index in [2.05, 4.69) is 27.8 Å². The summed E-state index contributed by atoms with van der Waals surface area (Å²) < 4.78 is 5.14. The van der Waals surface area contributed by atoms with E-state index in [1.54, 1.807) is 0 Å². The average Bonchev–Trinajstić information content (AvgIpc) is 3.20. The Balaban J connectivity index is 1.72. The number of carbonyl (C=O) groups is 1. The second kappa shape index (κ2) is 5.65. The maximum absolute atomic E-state index is 12.5. The van der Waals surface area contributed by atoms with Crippen LogP contribution in [0.2, 0.25) is 0 Å². The van der Waals surface area contributed by atoms with E-state index in [0.717, 1.165) is 37.2 Å². The van der Waals surface area contributed by atoms with E-state index >= 15 is 0 Å². The molecule has 0 spiro atoms. The van der Waals surface area contributed by atoms with Crippen molar-refractivity contribution < 1.29 is 9.21 Å². The van der Waals surface area contributed by atoms with E-state index in [0.29, 0.717) is 5.89 Å². The first-order valence-corrected chi connectivity index (χ1v) is 7.12. The minimum atomic E-state index is -0.287. The third kappa shape index (κ3) is 2.67. The molecule has 1 saturated heterocycles. The molecule has 1 fully saturated rings. The molecule has 2 heterocycles. The minimum absolute atomic E-state index is 0.0838. The van der Waals surface area contributed by atoms with E-state index in [1.165, 1.54) is 6.39 Å². The van der Waals surface area contributed by atoms with Gasteiger partial charge in [0.1, 0.15) is 0 Å². The van der Waals surface area contributed by atoms with Crippen molar-refractivity contribution in [2.24, 2.45) is 5.41 Å². The number of anilines is 1. The summed E-state index contributed by atoms with van der Waals surface area (Å²) in [6.07, 6.45) is 3.02. The Hall–Kier alpha value is -2.21. The summed E-state index contributed by atoms with van der Waals surface area (Å²) in [6.45, 7) is 3.71. The van der Waals surface area contributed by atoms with E-state index in [4.69, 9.17) is 4.42 Å². The third-order valence-corrected chi connectivity index (χ3v) is 4.15. The van der Waals surface area contributed by atoms with Crippen LogP contribution in [0.3, 0.4) is 0 Å². The number of hydrogen-bond donors (Lipinski definition) is 2. The SMILES string of the molecule is CCC1(C(=O)Nc2ccc(-c3nnco3)cc2)CCNC1. The van der Waals surface area contributed by atoms with Crippen LogP contribution in [0, 0.1) is 5.41 Å². The number of rotatable bonds is 4. The molecule has 6 nitrogen and oxygen atoms in total. The second-order valence-electron chi connectivity index (χ2n) is 5.34. The molecule has 110 valence electrons. The molecule has 1 amide bonds. The number of aromatic nitrogens is 2.